The molecule has 0 aliphatic carbocycles. The van der Waals surface area contributed by atoms with Crippen LogP contribution in [0.4, 0.5) is 5.69 Å². The fraction of sp³-hybridized carbons (Fsp3) is 0.211. The average molecular weight is 431 g/mol. The Morgan fingerprint density at radius 3 is 2.69 bits per heavy atom. The SMILES string of the molecule is Cc1ccc(NC(=O)CSc2nnc(-c3ccccc3Br)n2C)c(C)c1. The number of halogens is 1. The van der Waals surface area contributed by atoms with Gasteiger partial charge in [-0.3, -0.25) is 4.79 Å². The van der Waals surface area contributed by atoms with Crippen LogP contribution in [0.2, 0.25) is 0 Å². The molecule has 5 nitrogen and oxygen atoms in total. The van der Waals surface area contributed by atoms with E-state index in [2.05, 4.69) is 37.5 Å². The molecule has 1 amide bonds. The van der Waals surface area contributed by atoms with Crippen molar-refractivity contribution in [2.75, 3.05) is 11.1 Å². The maximum absolute atomic E-state index is 12.3. The van der Waals surface area contributed by atoms with E-state index in [-0.39, 0.29) is 11.7 Å². The van der Waals surface area contributed by atoms with Gasteiger partial charge in [0, 0.05) is 22.8 Å². The van der Waals surface area contributed by atoms with Crippen LogP contribution < -0.4 is 5.32 Å². The zero-order valence-electron chi connectivity index (χ0n) is 14.8. The van der Waals surface area contributed by atoms with Gasteiger partial charge in [-0.25, -0.2) is 0 Å². The molecule has 0 radical (unpaired) electrons. The van der Waals surface area contributed by atoms with E-state index in [1.165, 1.54) is 17.3 Å². The van der Waals surface area contributed by atoms with Gasteiger partial charge in [0.25, 0.3) is 0 Å². The topological polar surface area (TPSA) is 59.8 Å². The van der Waals surface area contributed by atoms with Gasteiger partial charge >= 0.3 is 0 Å². The predicted molar refractivity (Wildman–Crippen MR) is 109 cm³/mol. The van der Waals surface area contributed by atoms with Gasteiger partial charge < -0.3 is 9.88 Å². The second-order valence-corrected chi connectivity index (χ2v) is 7.80. The van der Waals surface area contributed by atoms with Crippen molar-refractivity contribution >= 4 is 39.3 Å². The maximum Gasteiger partial charge on any atom is 0.234 e. The number of anilines is 1. The summed E-state index contributed by atoms with van der Waals surface area (Å²) in [5.74, 6) is 0.970. The number of aromatic nitrogens is 3. The number of benzene rings is 2. The van der Waals surface area contributed by atoms with Gasteiger partial charge in [-0.1, -0.05) is 63.6 Å². The quantitative estimate of drug-likeness (QED) is 0.601. The van der Waals surface area contributed by atoms with Gasteiger partial charge in [0.15, 0.2) is 11.0 Å². The molecule has 0 fully saturated rings. The third kappa shape index (κ3) is 4.16. The zero-order valence-corrected chi connectivity index (χ0v) is 17.2. The Bertz CT molecular complexity index is 954. The molecule has 1 heterocycles. The highest BCUT2D eigenvalue weighted by atomic mass is 79.9. The summed E-state index contributed by atoms with van der Waals surface area (Å²) in [6, 6.07) is 13.8. The Morgan fingerprint density at radius 1 is 1.19 bits per heavy atom. The highest BCUT2D eigenvalue weighted by Gasteiger charge is 2.15. The number of hydrogen-bond donors (Lipinski definition) is 1. The first-order chi connectivity index (χ1) is 12.5. The van der Waals surface area contributed by atoms with Crippen molar-refractivity contribution in [1.29, 1.82) is 0 Å². The van der Waals surface area contributed by atoms with Gasteiger partial charge in [-0.2, -0.15) is 0 Å². The summed E-state index contributed by atoms with van der Waals surface area (Å²) < 4.78 is 2.86. The van der Waals surface area contributed by atoms with E-state index in [1.54, 1.807) is 0 Å². The minimum absolute atomic E-state index is 0.0626. The molecule has 26 heavy (non-hydrogen) atoms. The normalized spacial score (nSPS) is 10.8. The minimum atomic E-state index is -0.0626. The van der Waals surface area contributed by atoms with E-state index in [9.17, 15) is 4.79 Å². The molecule has 0 aliphatic heterocycles. The van der Waals surface area contributed by atoms with Crippen molar-refractivity contribution in [3.8, 4) is 11.4 Å². The highest BCUT2D eigenvalue weighted by molar-refractivity contribution is 9.10. The summed E-state index contributed by atoms with van der Waals surface area (Å²) in [4.78, 5) is 12.3. The molecule has 1 N–H and O–H groups in total. The Morgan fingerprint density at radius 2 is 1.96 bits per heavy atom. The molecule has 0 saturated heterocycles. The van der Waals surface area contributed by atoms with Crippen LogP contribution in [-0.4, -0.2) is 26.4 Å². The lowest BCUT2D eigenvalue weighted by Crippen LogP contribution is -2.15. The summed E-state index contributed by atoms with van der Waals surface area (Å²) in [5, 5.41) is 12.1. The van der Waals surface area contributed by atoms with E-state index in [4.69, 9.17) is 0 Å². The van der Waals surface area contributed by atoms with Crippen molar-refractivity contribution < 1.29 is 4.79 Å². The first-order valence-corrected chi connectivity index (χ1v) is 9.88. The van der Waals surface area contributed by atoms with Gasteiger partial charge in [-0.05, 0) is 31.5 Å². The van der Waals surface area contributed by atoms with Crippen LogP contribution in [0.1, 0.15) is 11.1 Å². The van der Waals surface area contributed by atoms with Crippen LogP contribution in [0.3, 0.4) is 0 Å². The Balaban J connectivity index is 1.67. The average Bonchev–Trinajstić information content (AvgIpc) is 2.97. The van der Waals surface area contributed by atoms with Gasteiger partial charge in [0.05, 0.1) is 5.75 Å². The number of aryl methyl sites for hydroxylation is 2. The van der Waals surface area contributed by atoms with Crippen LogP contribution >= 0.6 is 27.7 Å². The third-order valence-electron chi connectivity index (χ3n) is 3.94. The van der Waals surface area contributed by atoms with E-state index in [0.29, 0.717) is 5.16 Å². The molecule has 0 aliphatic rings. The van der Waals surface area contributed by atoms with Crippen molar-refractivity contribution in [1.82, 2.24) is 14.8 Å². The largest absolute Gasteiger partial charge is 0.325 e. The summed E-state index contributed by atoms with van der Waals surface area (Å²) in [6.07, 6.45) is 0. The fourth-order valence-corrected chi connectivity index (χ4v) is 3.76. The van der Waals surface area contributed by atoms with Crippen LogP contribution in [0, 0.1) is 13.8 Å². The van der Waals surface area contributed by atoms with E-state index >= 15 is 0 Å². The zero-order chi connectivity index (χ0) is 18.7. The van der Waals surface area contributed by atoms with Crippen LogP contribution in [-0.2, 0) is 11.8 Å². The molecule has 2 aromatic carbocycles. The van der Waals surface area contributed by atoms with E-state index in [1.807, 2.05) is 61.9 Å². The Kier molecular flexibility index (Phi) is 5.78. The van der Waals surface area contributed by atoms with Crippen LogP contribution in [0.15, 0.2) is 52.1 Å². The summed E-state index contributed by atoms with van der Waals surface area (Å²) in [7, 11) is 1.90. The first kappa shape index (κ1) is 18.7. The number of thioether (sulfide) groups is 1. The third-order valence-corrected chi connectivity index (χ3v) is 5.65. The number of carbonyl (C=O) groups is 1. The van der Waals surface area contributed by atoms with Crippen LogP contribution in [0.25, 0.3) is 11.4 Å². The molecular weight excluding hydrogens is 412 g/mol. The predicted octanol–water partition coefficient (Wildman–Crippen LogP) is 4.59. The van der Waals surface area contributed by atoms with E-state index < -0.39 is 0 Å². The molecule has 0 unspecified atom stereocenters. The van der Waals surface area contributed by atoms with Crippen molar-refractivity contribution in [3.05, 3.63) is 58.1 Å². The Hall–Kier alpha value is -2.12. The van der Waals surface area contributed by atoms with Crippen molar-refractivity contribution in [3.63, 3.8) is 0 Å². The standard InChI is InChI=1S/C19H19BrN4OS/c1-12-8-9-16(13(2)10-12)21-17(25)11-26-19-23-22-18(24(19)3)14-6-4-5-7-15(14)20/h4-10H,11H2,1-3H3,(H,21,25). The smallest absolute Gasteiger partial charge is 0.234 e. The number of amides is 1. The molecule has 7 heteroatoms. The number of rotatable bonds is 5. The van der Waals surface area contributed by atoms with Gasteiger partial charge in [0.1, 0.15) is 0 Å². The lowest BCUT2D eigenvalue weighted by atomic mass is 10.1. The highest BCUT2D eigenvalue weighted by Crippen LogP contribution is 2.28. The second-order valence-electron chi connectivity index (χ2n) is 6.00. The van der Waals surface area contributed by atoms with E-state index in [0.717, 1.165) is 27.1 Å². The molecule has 1 aromatic heterocycles. The van der Waals surface area contributed by atoms with Crippen LogP contribution in [0.5, 0.6) is 0 Å². The second kappa shape index (κ2) is 8.05. The summed E-state index contributed by atoms with van der Waals surface area (Å²) >= 11 is 4.90. The lowest BCUT2D eigenvalue weighted by Gasteiger charge is -2.09. The Labute approximate surface area is 165 Å². The fourth-order valence-electron chi connectivity index (χ4n) is 2.59. The molecule has 0 bridgehead atoms. The van der Waals surface area contributed by atoms with Gasteiger partial charge in [0.2, 0.25) is 5.91 Å². The van der Waals surface area contributed by atoms with Crippen molar-refractivity contribution in [2.45, 2.75) is 19.0 Å². The number of hydrogen-bond acceptors (Lipinski definition) is 4. The molecule has 3 aromatic rings. The number of carbonyl (C=O) groups excluding carboxylic acids is 1. The summed E-state index contributed by atoms with van der Waals surface area (Å²) in [6.45, 7) is 4.02. The molecule has 0 atom stereocenters. The minimum Gasteiger partial charge on any atom is -0.325 e. The molecular formula is C19H19BrN4OS. The first-order valence-electron chi connectivity index (χ1n) is 8.10. The summed E-state index contributed by atoms with van der Waals surface area (Å²) in [5.41, 5.74) is 4.04. The number of nitrogens with zero attached hydrogens (tertiary/aromatic N) is 3. The van der Waals surface area contributed by atoms with Crippen molar-refractivity contribution in [2.24, 2.45) is 7.05 Å². The molecule has 0 saturated carbocycles. The molecule has 0 spiro atoms. The molecule has 134 valence electrons. The maximum atomic E-state index is 12.3. The monoisotopic (exact) mass is 430 g/mol. The molecule has 3 rings (SSSR count). The number of nitrogens with one attached hydrogen (secondary N) is 1. The lowest BCUT2D eigenvalue weighted by molar-refractivity contribution is -0.113. The van der Waals surface area contributed by atoms with Gasteiger partial charge in [-0.15, -0.1) is 10.2 Å².